The summed E-state index contributed by atoms with van der Waals surface area (Å²) in [5.41, 5.74) is 1.77. The topological polar surface area (TPSA) is 131 Å². The van der Waals surface area contributed by atoms with Gasteiger partial charge in [0.1, 0.15) is 12.8 Å². The maximum atomic E-state index is 12.0. The minimum atomic E-state index is -1.65. The van der Waals surface area contributed by atoms with Gasteiger partial charge in [-0.3, -0.25) is 4.79 Å². The molecule has 0 bridgehead atoms. The van der Waals surface area contributed by atoms with E-state index in [1.54, 1.807) is 5.48 Å². The number of rotatable bonds is 23. The Morgan fingerprint density at radius 1 is 0.839 bits per heavy atom. The van der Waals surface area contributed by atoms with Crippen LogP contribution in [0.1, 0.15) is 103 Å². The fourth-order valence-corrected chi connectivity index (χ4v) is 3.62. The van der Waals surface area contributed by atoms with E-state index in [-0.39, 0.29) is 19.8 Å². The van der Waals surface area contributed by atoms with Gasteiger partial charge < -0.3 is 30.6 Å². The molecule has 3 unspecified atom stereocenters. The van der Waals surface area contributed by atoms with Crippen molar-refractivity contribution in [2.24, 2.45) is 0 Å². The van der Waals surface area contributed by atoms with Crippen molar-refractivity contribution in [2.75, 3.05) is 19.9 Å². The van der Waals surface area contributed by atoms with Crippen LogP contribution in [0.5, 0.6) is 0 Å². The molecule has 1 amide bonds. The number of aliphatic hydroxyl groups is 3. The first-order chi connectivity index (χ1) is 15.1. The molecule has 0 saturated carbocycles. The second-order valence-electron chi connectivity index (χ2n) is 8.34. The molecular formula is C23H48N2O6. The van der Waals surface area contributed by atoms with Crippen LogP contribution in [0.15, 0.2) is 0 Å². The van der Waals surface area contributed by atoms with Crippen LogP contribution in [0.25, 0.3) is 0 Å². The molecule has 0 saturated heterocycles. The summed E-state index contributed by atoms with van der Waals surface area (Å²) in [5.74, 6) is -0.661. The van der Waals surface area contributed by atoms with Crippen LogP contribution in [-0.4, -0.2) is 64.6 Å². The van der Waals surface area contributed by atoms with Crippen LogP contribution in [0.4, 0.5) is 0 Å². The number of nitrogens with one attached hydrogen (secondary N) is 2. The van der Waals surface area contributed by atoms with Crippen molar-refractivity contribution >= 4 is 5.91 Å². The third kappa shape index (κ3) is 17.5. The lowest BCUT2D eigenvalue weighted by atomic mass is 10.0. The molecular weight excluding hydrogens is 400 g/mol. The second kappa shape index (κ2) is 22.4. The minimum absolute atomic E-state index is 0.0339. The van der Waals surface area contributed by atoms with E-state index >= 15 is 0 Å². The number of hydroxylamine groups is 1. The van der Waals surface area contributed by atoms with Crippen molar-refractivity contribution in [3.63, 3.8) is 0 Å². The van der Waals surface area contributed by atoms with E-state index in [1.165, 1.54) is 70.6 Å². The quantitative estimate of drug-likeness (QED) is 0.0804. The van der Waals surface area contributed by atoms with E-state index in [0.717, 1.165) is 19.3 Å². The maximum absolute atomic E-state index is 12.0. The van der Waals surface area contributed by atoms with Crippen molar-refractivity contribution < 1.29 is 30.1 Å². The molecule has 0 aromatic heterocycles. The molecule has 0 radical (unpaired) electrons. The summed E-state index contributed by atoms with van der Waals surface area (Å²) in [4.78, 5) is 12.0. The normalized spacial score (nSPS) is 14.4. The lowest BCUT2D eigenvalue weighted by Crippen LogP contribution is -2.49. The van der Waals surface area contributed by atoms with Crippen LogP contribution in [0.2, 0.25) is 0 Å². The third-order valence-corrected chi connectivity index (χ3v) is 5.58. The highest BCUT2D eigenvalue weighted by atomic mass is 16.6. The summed E-state index contributed by atoms with van der Waals surface area (Å²) in [6, 6.07) is 0. The maximum Gasteiger partial charge on any atom is 0.251 e. The number of carbonyl (C=O) groups excluding carboxylic acids is 1. The first-order valence-electron chi connectivity index (χ1n) is 12.3. The van der Waals surface area contributed by atoms with E-state index in [1.807, 2.05) is 0 Å². The highest BCUT2D eigenvalue weighted by Crippen LogP contribution is 2.13. The largest absolute Gasteiger partial charge is 0.396 e. The molecule has 0 aliphatic heterocycles. The monoisotopic (exact) mass is 448 g/mol. The number of amides is 1. The molecule has 31 heavy (non-hydrogen) atoms. The lowest BCUT2D eigenvalue weighted by molar-refractivity contribution is -0.148. The lowest BCUT2D eigenvalue weighted by Gasteiger charge is -2.25. The number of hydrogen-bond donors (Lipinski definition) is 6. The van der Waals surface area contributed by atoms with E-state index in [0.29, 0.717) is 6.54 Å². The molecule has 8 nitrogen and oxygen atoms in total. The molecule has 6 N–H and O–H groups in total. The molecule has 3 atom stereocenters. The van der Waals surface area contributed by atoms with Crippen molar-refractivity contribution in [3.8, 4) is 0 Å². The third-order valence-electron chi connectivity index (χ3n) is 5.58. The summed E-state index contributed by atoms with van der Waals surface area (Å²) in [6.45, 7) is 2.14. The summed E-state index contributed by atoms with van der Waals surface area (Å²) in [6.07, 6.45) is 13.6. The van der Waals surface area contributed by atoms with Gasteiger partial charge in [0.2, 0.25) is 0 Å². The Hall–Kier alpha value is -0.770. The number of unbranched alkanes of at least 4 members (excludes halogenated alkanes) is 13. The number of aliphatic hydroxyl groups excluding tert-OH is 3. The zero-order valence-electron chi connectivity index (χ0n) is 19.6. The highest BCUT2D eigenvalue weighted by Gasteiger charge is 2.31. The van der Waals surface area contributed by atoms with Crippen molar-refractivity contribution in [1.82, 2.24) is 10.8 Å². The van der Waals surface area contributed by atoms with Gasteiger partial charge in [0.25, 0.3) is 5.91 Å². The van der Waals surface area contributed by atoms with Gasteiger partial charge in [-0.15, -0.1) is 0 Å². The van der Waals surface area contributed by atoms with Gasteiger partial charge in [0, 0.05) is 13.2 Å². The molecule has 8 heteroatoms. The van der Waals surface area contributed by atoms with Crippen LogP contribution in [0, 0.1) is 0 Å². The Kier molecular flexibility index (Phi) is 21.9. The summed E-state index contributed by atoms with van der Waals surface area (Å²) < 4.78 is 5.08. The average molecular weight is 449 g/mol. The predicted molar refractivity (Wildman–Crippen MR) is 122 cm³/mol. The Labute approximate surface area is 188 Å². The van der Waals surface area contributed by atoms with E-state index in [2.05, 4.69) is 12.2 Å². The van der Waals surface area contributed by atoms with Crippen molar-refractivity contribution in [1.29, 1.82) is 0 Å². The molecule has 0 fully saturated rings. The summed E-state index contributed by atoms with van der Waals surface area (Å²) in [5, 5.41) is 40.2. The van der Waals surface area contributed by atoms with Gasteiger partial charge >= 0.3 is 0 Å². The van der Waals surface area contributed by atoms with E-state index in [9.17, 15) is 15.0 Å². The Balaban J connectivity index is 3.63. The molecule has 0 aliphatic carbocycles. The fraction of sp³-hybridized carbons (Fsp3) is 0.957. The smallest absolute Gasteiger partial charge is 0.251 e. The van der Waals surface area contributed by atoms with Crippen LogP contribution < -0.4 is 10.8 Å². The second-order valence-corrected chi connectivity index (χ2v) is 8.34. The Morgan fingerprint density at radius 3 is 1.77 bits per heavy atom. The SMILES string of the molecule is CCCCCCCCCCCCCCCCNC(=O)C(O)C(O)C(CCO)OCNO. The van der Waals surface area contributed by atoms with Crippen molar-refractivity contribution in [3.05, 3.63) is 0 Å². The Morgan fingerprint density at radius 2 is 1.32 bits per heavy atom. The molecule has 0 heterocycles. The van der Waals surface area contributed by atoms with Gasteiger partial charge in [0.05, 0.1) is 6.10 Å². The molecule has 0 aromatic carbocycles. The standard InChI is InChI=1S/C23H48N2O6/c1-2-3-4-5-6-7-8-9-10-11-12-13-14-15-17-24-23(29)22(28)21(27)20(16-18-26)31-19-25-30/h20-22,25-28,30H,2-19H2,1H3,(H,24,29). The molecule has 0 spiro atoms. The number of ether oxygens (including phenoxy) is 1. The first-order valence-corrected chi connectivity index (χ1v) is 12.3. The van der Waals surface area contributed by atoms with Crippen LogP contribution in [-0.2, 0) is 9.53 Å². The van der Waals surface area contributed by atoms with Gasteiger partial charge in [-0.05, 0) is 12.8 Å². The van der Waals surface area contributed by atoms with Gasteiger partial charge in [-0.2, -0.15) is 5.48 Å². The van der Waals surface area contributed by atoms with Crippen LogP contribution >= 0.6 is 0 Å². The van der Waals surface area contributed by atoms with E-state index in [4.69, 9.17) is 15.1 Å². The zero-order chi connectivity index (χ0) is 23.2. The van der Waals surface area contributed by atoms with Gasteiger partial charge in [-0.1, -0.05) is 90.4 Å². The summed E-state index contributed by atoms with van der Waals surface area (Å²) in [7, 11) is 0. The van der Waals surface area contributed by atoms with Gasteiger partial charge in [0.15, 0.2) is 6.10 Å². The fourth-order valence-electron chi connectivity index (χ4n) is 3.62. The Bertz CT molecular complexity index is 400. The number of hydrogen-bond acceptors (Lipinski definition) is 7. The minimum Gasteiger partial charge on any atom is -0.396 e. The average Bonchev–Trinajstić information content (AvgIpc) is 2.78. The van der Waals surface area contributed by atoms with E-state index < -0.39 is 24.2 Å². The van der Waals surface area contributed by atoms with Gasteiger partial charge in [-0.25, -0.2) is 0 Å². The van der Waals surface area contributed by atoms with Crippen LogP contribution in [0.3, 0.4) is 0 Å². The predicted octanol–water partition coefficient (Wildman–Crippen LogP) is 3.01. The molecule has 0 rings (SSSR count). The zero-order valence-corrected chi connectivity index (χ0v) is 19.6. The van der Waals surface area contributed by atoms with Crippen molar-refractivity contribution in [2.45, 2.75) is 122 Å². The number of carbonyl (C=O) groups is 1. The molecule has 0 aromatic rings. The highest BCUT2D eigenvalue weighted by molar-refractivity contribution is 5.81. The first kappa shape index (κ1) is 30.2. The summed E-state index contributed by atoms with van der Waals surface area (Å²) >= 11 is 0. The molecule has 0 aliphatic rings. The molecule has 186 valence electrons.